The van der Waals surface area contributed by atoms with Crippen molar-refractivity contribution in [2.45, 2.75) is 57.0 Å². The molecule has 0 spiro atoms. The van der Waals surface area contributed by atoms with Crippen molar-refractivity contribution in [3.05, 3.63) is 69.4 Å². The summed E-state index contributed by atoms with van der Waals surface area (Å²) >= 11 is 7.43. The van der Waals surface area contributed by atoms with Gasteiger partial charge in [0.05, 0.1) is 29.1 Å². The first-order valence-corrected chi connectivity index (χ1v) is 16.5. The van der Waals surface area contributed by atoms with Crippen molar-refractivity contribution >= 4 is 39.2 Å². The Labute approximate surface area is 322 Å². The van der Waals surface area contributed by atoms with Crippen LogP contribution in [0.15, 0.2) is 36.5 Å². The molecule has 3 fully saturated rings. The molecule has 2 radical (unpaired) electrons. The number of hydrogen-bond donors (Lipinski definition) is 0. The summed E-state index contributed by atoms with van der Waals surface area (Å²) in [4.78, 5) is 12.4. The number of fused-ring (bicyclic) bond motifs is 7. The molecular formula is C36H30ClFIrN6O4Ta-2. The zero-order valence-electron chi connectivity index (χ0n) is 26.9. The maximum Gasteiger partial charge on any atom is 0.319 e. The van der Waals surface area contributed by atoms with Crippen LogP contribution in [-0.4, -0.2) is 65.7 Å². The topological polar surface area (TPSA) is 107 Å². The molecule has 0 amide bonds. The molecule has 0 saturated carbocycles. The monoisotopic (exact) mass is 1040 g/mol. The van der Waals surface area contributed by atoms with E-state index >= 15 is 4.39 Å². The smallest absolute Gasteiger partial charge is 0.319 e. The Balaban J connectivity index is 0.00000196. The summed E-state index contributed by atoms with van der Waals surface area (Å²) in [5.41, 5.74) is 3.80. The molecule has 10 nitrogen and oxygen atoms in total. The number of rotatable bonds is 6. The summed E-state index contributed by atoms with van der Waals surface area (Å²) < 4.78 is 41.0. The van der Waals surface area contributed by atoms with Crippen molar-refractivity contribution in [1.29, 1.82) is 0 Å². The van der Waals surface area contributed by atoms with Crippen LogP contribution in [0.4, 0.5) is 10.2 Å². The molecule has 2 aromatic heterocycles. The van der Waals surface area contributed by atoms with Crippen LogP contribution in [0.25, 0.3) is 38.2 Å². The molecule has 5 aromatic rings. The standard InChI is InChI=1S/C36H30ClFN6O4.Ir.Ta/c1-3-19-4-6-20(7-5-19)16-46-34-29(28-18(2)24(38)13-25-23(28)15-40-43-25)31(37)33-30-32(34)41-36(48-22-8-10-45-11-9-22)42-35(30)44-21-12-26(39-14-21)27(44)17-47-33;;/h1,4-7,13,15,21-22,26-27H,8-12,14,16-17H2,2H3;;/q-2;;/t21?,26-,27?;;/m0../s1. The van der Waals surface area contributed by atoms with Gasteiger partial charge in [-0.15, -0.1) is 19.0 Å². The van der Waals surface area contributed by atoms with Crippen LogP contribution in [0.2, 0.25) is 5.02 Å². The molecule has 9 rings (SSSR count). The summed E-state index contributed by atoms with van der Waals surface area (Å²) in [6.07, 6.45) is 9.47. The van der Waals surface area contributed by atoms with Crippen LogP contribution in [0, 0.1) is 25.1 Å². The van der Waals surface area contributed by atoms with Crippen LogP contribution in [0.5, 0.6) is 17.5 Å². The van der Waals surface area contributed by atoms with E-state index in [9.17, 15) is 0 Å². The van der Waals surface area contributed by atoms with Crippen LogP contribution in [0.1, 0.15) is 36.0 Å². The Morgan fingerprint density at radius 2 is 1.96 bits per heavy atom. The van der Waals surface area contributed by atoms with E-state index in [1.54, 1.807) is 13.1 Å². The van der Waals surface area contributed by atoms with E-state index < -0.39 is 5.82 Å². The van der Waals surface area contributed by atoms with Gasteiger partial charge >= 0.3 is 6.01 Å². The zero-order valence-corrected chi connectivity index (χ0v) is 33.2. The molecule has 3 atom stereocenters. The number of nitrogens with zero attached hydrogens (tertiary/aromatic N) is 6. The summed E-state index contributed by atoms with van der Waals surface area (Å²) in [6.45, 7) is 4.13. The number of benzene rings is 3. The molecule has 0 aliphatic carbocycles. The second-order valence-corrected chi connectivity index (χ2v) is 13.1. The quantitative estimate of drug-likeness (QED) is 0.187. The number of hydrogen-bond acceptors (Lipinski definition) is 8. The van der Waals surface area contributed by atoms with Gasteiger partial charge in [0, 0.05) is 84.1 Å². The maximum absolute atomic E-state index is 15.6. The Kier molecular flexibility index (Phi) is 9.89. The molecule has 2 unspecified atom stereocenters. The summed E-state index contributed by atoms with van der Waals surface area (Å²) in [5, 5.41) is 14.7. The Morgan fingerprint density at radius 3 is 2.74 bits per heavy atom. The third kappa shape index (κ3) is 5.78. The van der Waals surface area contributed by atoms with Crippen molar-refractivity contribution in [2.24, 2.45) is 0 Å². The fourth-order valence-corrected chi connectivity index (χ4v) is 7.86. The average molecular weight is 1040 g/mol. The molecule has 6 heterocycles. The third-order valence-electron chi connectivity index (χ3n) is 9.95. The second kappa shape index (κ2) is 14.1. The first kappa shape index (κ1) is 35.2. The van der Waals surface area contributed by atoms with E-state index in [1.807, 2.05) is 24.3 Å². The Morgan fingerprint density at radius 1 is 1.16 bits per heavy atom. The van der Waals surface area contributed by atoms with Gasteiger partial charge in [-0.25, -0.2) is 4.39 Å². The molecule has 4 aliphatic rings. The largest absolute Gasteiger partial charge is 0.656 e. The number of ether oxygens (including phenoxy) is 4. The van der Waals surface area contributed by atoms with E-state index in [4.69, 9.17) is 52.3 Å². The van der Waals surface area contributed by atoms with Crippen LogP contribution in [-0.2, 0) is 53.8 Å². The first-order chi connectivity index (χ1) is 23.5. The van der Waals surface area contributed by atoms with Gasteiger partial charge in [-0.05, 0) is 48.1 Å². The normalized spacial score (nSPS) is 20.8. The predicted molar refractivity (Wildman–Crippen MR) is 179 cm³/mol. The van der Waals surface area contributed by atoms with Gasteiger partial charge in [0.25, 0.3) is 0 Å². The van der Waals surface area contributed by atoms with Crippen molar-refractivity contribution in [1.82, 2.24) is 20.2 Å². The molecule has 14 heteroatoms. The zero-order chi connectivity index (χ0) is 32.5. The van der Waals surface area contributed by atoms with Gasteiger partial charge in [-0.2, -0.15) is 16.2 Å². The summed E-state index contributed by atoms with van der Waals surface area (Å²) in [5.74, 6) is 3.65. The number of anilines is 1. The van der Waals surface area contributed by atoms with Crippen LogP contribution >= 0.6 is 11.6 Å². The fraction of sp³-hybridized carbons (Fsp3) is 0.361. The molecule has 2 bridgehead atoms. The molecule has 3 aromatic carbocycles. The van der Waals surface area contributed by atoms with Gasteiger partial charge < -0.3 is 39.4 Å². The minimum Gasteiger partial charge on any atom is -0.656 e. The van der Waals surface area contributed by atoms with Crippen molar-refractivity contribution in [3.63, 3.8) is 0 Å². The van der Waals surface area contributed by atoms with Gasteiger partial charge in [-0.1, -0.05) is 29.7 Å². The maximum atomic E-state index is 15.6. The van der Waals surface area contributed by atoms with Gasteiger partial charge in [-0.3, -0.25) is 0 Å². The van der Waals surface area contributed by atoms with Crippen LogP contribution < -0.4 is 24.2 Å². The third-order valence-corrected chi connectivity index (χ3v) is 10.3. The van der Waals surface area contributed by atoms with Gasteiger partial charge in [0.2, 0.25) is 0 Å². The fourth-order valence-electron chi connectivity index (χ4n) is 7.53. The summed E-state index contributed by atoms with van der Waals surface area (Å²) in [6, 6.07) is 9.39. The number of aromatic nitrogens is 4. The van der Waals surface area contributed by atoms with E-state index in [1.165, 1.54) is 6.07 Å². The van der Waals surface area contributed by atoms with E-state index in [2.05, 4.69) is 21.0 Å². The number of terminal acetylenes is 1. The van der Waals surface area contributed by atoms with Crippen molar-refractivity contribution in [2.75, 3.05) is 31.3 Å². The second-order valence-electron chi connectivity index (χ2n) is 12.7. The molecule has 50 heavy (non-hydrogen) atoms. The van der Waals surface area contributed by atoms with Gasteiger partial charge in [0.1, 0.15) is 36.5 Å². The van der Waals surface area contributed by atoms with E-state index in [-0.39, 0.29) is 84.4 Å². The molecule has 0 N–H and O–H groups in total. The Hall–Kier alpha value is -3.24. The van der Waals surface area contributed by atoms with E-state index in [0.717, 1.165) is 30.4 Å². The Bertz CT molecular complexity index is 2140. The van der Waals surface area contributed by atoms with Crippen LogP contribution in [0.3, 0.4) is 0 Å². The van der Waals surface area contributed by atoms with Crippen molar-refractivity contribution < 1.29 is 65.8 Å². The van der Waals surface area contributed by atoms with Gasteiger partial charge in [0.15, 0.2) is 11.5 Å². The average Bonchev–Trinajstić information content (AvgIpc) is 3.83. The molecule has 258 valence electrons. The molecular weight excluding hydrogens is 1010 g/mol. The minimum absolute atomic E-state index is 0. The van der Waals surface area contributed by atoms with Crippen molar-refractivity contribution in [3.8, 4) is 41.0 Å². The predicted octanol–water partition coefficient (Wildman–Crippen LogP) is 6.11. The molecule has 3 saturated heterocycles. The summed E-state index contributed by atoms with van der Waals surface area (Å²) in [7, 11) is 0. The number of piperazine rings is 1. The van der Waals surface area contributed by atoms with E-state index in [0.29, 0.717) is 82.2 Å². The molecule has 4 aliphatic heterocycles. The first-order valence-electron chi connectivity index (χ1n) is 16.1. The number of halogens is 2. The SMILES string of the molecule is C#Cc1ccc(COc2c(-c3c(C)c(F)cc4n[n-]cc34)c(Cl)c3c4c(nc(OC5CCOCC5)nc24)N2C4C[N-][C@@H](C4)C2CO3)cc1.[Ir].[Ta]. The minimum atomic E-state index is -0.442.